The van der Waals surface area contributed by atoms with Crippen molar-refractivity contribution in [3.8, 4) is 0 Å². The lowest BCUT2D eigenvalue weighted by atomic mass is 9.96. The van der Waals surface area contributed by atoms with Gasteiger partial charge in [-0.05, 0) is 30.9 Å². The average Bonchev–Trinajstić information content (AvgIpc) is 2.93. The van der Waals surface area contributed by atoms with Crippen LogP contribution in [0.1, 0.15) is 40.2 Å². The van der Waals surface area contributed by atoms with Crippen molar-refractivity contribution in [3.05, 3.63) is 46.8 Å². The summed E-state index contributed by atoms with van der Waals surface area (Å²) in [5.41, 5.74) is 2.22. The van der Waals surface area contributed by atoms with Crippen molar-refractivity contribution in [2.45, 2.75) is 32.1 Å². The molecule has 0 saturated heterocycles. The lowest BCUT2D eigenvalue weighted by Gasteiger charge is -2.11. The smallest absolute Gasteiger partial charge is 0.307 e. The summed E-state index contributed by atoms with van der Waals surface area (Å²) in [5.74, 6) is -0.513. The van der Waals surface area contributed by atoms with E-state index in [2.05, 4.69) is 10.5 Å². The lowest BCUT2D eigenvalue weighted by molar-refractivity contribution is -0.136. The molecule has 1 heterocycles. The maximum atomic E-state index is 12.4. The van der Waals surface area contributed by atoms with E-state index >= 15 is 0 Å². The van der Waals surface area contributed by atoms with Crippen LogP contribution in [0.25, 0.3) is 0 Å². The van der Waals surface area contributed by atoms with Crippen LogP contribution in [-0.4, -0.2) is 22.1 Å². The number of anilines is 1. The van der Waals surface area contributed by atoms with Gasteiger partial charge in [0.2, 0.25) is 0 Å². The third-order valence-electron chi connectivity index (χ3n) is 3.77. The molecule has 114 valence electrons. The zero-order valence-corrected chi connectivity index (χ0v) is 12.0. The number of carbonyl (C=O) groups is 2. The van der Waals surface area contributed by atoms with E-state index in [1.807, 2.05) is 0 Å². The number of amides is 1. The molecule has 0 atom stereocenters. The number of carboxylic acid groups (broad SMARTS) is 1. The Morgan fingerprint density at radius 3 is 2.82 bits per heavy atom. The van der Waals surface area contributed by atoms with Crippen molar-refractivity contribution >= 4 is 17.6 Å². The normalized spacial score (nSPS) is 13.5. The molecule has 2 aromatic rings. The van der Waals surface area contributed by atoms with Gasteiger partial charge in [0.05, 0.1) is 6.42 Å². The maximum absolute atomic E-state index is 12.4. The molecule has 0 spiro atoms. The molecule has 22 heavy (non-hydrogen) atoms. The van der Waals surface area contributed by atoms with Gasteiger partial charge in [-0.15, -0.1) is 0 Å². The van der Waals surface area contributed by atoms with Crippen LogP contribution in [0.4, 0.5) is 5.69 Å². The summed E-state index contributed by atoms with van der Waals surface area (Å²) >= 11 is 0. The largest absolute Gasteiger partial charge is 0.481 e. The summed E-state index contributed by atoms with van der Waals surface area (Å²) in [6, 6.07) is 6.86. The number of carboxylic acids is 1. The highest BCUT2D eigenvalue weighted by Gasteiger charge is 2.24. The second-order valence-corrected chi connectivity index (χ2v) is 5.32. The van der Waals surface area contributed by atoms with Crippen LogP contribution in [0, 0.1) is 0 Å². The van der Waals surface area contributed by atoms with Crippen LogP contribution in [0.15, 0.2) is 28.8 Å². The molecule has 1 aromatic carbocycles. The molecule has 0 unspecified atom stereocenters. The van der Waals surface area contributed by atoms with E-state index in [0.717, 1.165) is 37.0 Å². The van der Waals surface area contributed by atoms with Gasteiger partial charge in [0.1, 0.15) is 5.76 Å². The van der Waals surface area contributed by atoms with Crippen molar-refractivity contribution in [2.24, 2.45) is 0 Å². The van der Waals surface area contributed by atoms with Crippen molar-refractivity contribution in [1.82, 2.24) is 5.16 Å². The van der Waals surface area contributed by atoms with Gasteiger partial charge in [-0.1, -0.05) is 23.4 Å². The zero-order chi connectivity index (χ0) is 15.5. The number of nitrogens with one attached hydrogen (secondary N) is 1. The maximum Gasteiger partial charge on any atom is 0.307 e. The van der Waals surface area contributed by atoms with Crippen LogP contribution in [0.2, 0.25) is 0 Å². The Kier molecular flexibility index (Phi) is 3.91. The third kappa shape index (κ3) is 2.86. The number of aliphatic carboxylic acids is 1. The van der Waals surface area contributed by atoms with Gasteiger partial charge in [-0.2, -0.15) is 0 Å². The highest BCUT2D eigenvalue weighted by atomic mass is 16.5. The number of aryl methyl sites for hydroxylation is 1. The number of benzene rings is 1. The van der Waals surface area contributed by atoms with Gasteiger partial charge in [0.15, 0.2) is 5.69 Å². The SMILES string of the molecule is O=C(O)Cc1ccccc1NC(=O)c1noc2c1CCCC2. The molecule has 0 saturated carbocycles. The van der Waals surface area contributed by atoms with E-state index in [-0.39, 0.29) is 12.3 Å². The standard InChI is InChI=1S/C16H16N2O4/c19-14(20)9-10-5-1-3-7-12(10)17-16(21)15-11-6-2-4-8-13(11)22-18-15/h1,3,5,7H,2,4,6,8-9H2,(H,17,21)(H,19,20). The molecule has 0 bridgehead atoms. The van der Waals surface area contributed by atoms with Crippen LogP contribution < -0.4 is 5.32 Å². The molecule has 6 nitrogen and oxygen atoms in total. The van der Waals surface area contributed by atoms with E-state index in [1.54, 1.807) is 24.3 Å². The number of para-hydroxylation sites is 1. The van der Waals surface area contributed by atoms with Crippen molar-refractivity contribution in [3.63, 3.8) is 0 Å². The molecular formula is C16H16N2O4. The first-order valence-corrected chi connectivity index (χ1v) is 7.23. The Hall–Kier alpha value is -2.63. The minimum Gasteiger partial charge on any atom is -0.481 e. The van der Waals surface area contributed by atoms with Crippen LogP contribution in [-0.2, 0) is 24.1 Å². The lowest BCUT2D eigenvalue weighted by Crippen LogP contribution is -2.17. The zero-order valence-electron chi connectivity index (χ0n) is 12.0. The first-order chi connectivity index (χ1) is 10.6. The number of hydrogen-bond donors (Lipinski definition) is 2. The summed E-state index contributed by atoms with van der Waals surface area (Å²) < 4.78 is 5.24. The predicted molar refractivity (Wildman–Crippen MR) is 78.9 cm³/mol. The molecule has 6 heteroatoms. The summed E-state index contributed by atoms with van der Waals surface area (Å²) in [4.78, 5) is 23.3. The molecule has 3 rings (SSSR count). The molecule has 0 fully saturated rings. The van der Waals surface area contributed by atoms with E-state index in [9.17, 15) is 9.59 Å². The Morgan fingerprint density at radius 1 is 1.23 bits per heavy atom. The van der Waals surface area contributed by atoms with E-state index in [4.69, 9.17) is 9.63 Å². The minimum atomic E-state index is -0.944. The van der Waals surface area contributed by atoms with Gasteiger partial charge < -0.3 is 14.9 Å². The average molecular weight is 300 g/mol. The Bertz CT molecular complexity index is 721. The highest BCUT2D eigenvalue weighted by Crippen LogP contribution is 2.25. The van der Waals surface area contributed by atoms with E-state index in [1.165, 1.54) is 0 Å². The quantitative estimate of drug-likeness (QED) is 0.904. The van der Waals surface area contributed by atoms with Crippen molar-refractivity contribution in [2.75, 3.05) is 5.32 Å². The Balaban J connectivity index is 1.83. The predicted octanol–water partition coefficient (Wildman–Crippen LogP) is 2.43. The minimum absolute atomic E-state index is 0.145. The Morgan fingerprint density at radius 2 is 2.00 bits per heavy atom. The molecular weight excluding hydrogens is 284 g/mol. The summed E-state index contributed by atoms with van der Waals surface area (Å²) in [5, 5.41) is 15.6. The molecule has 2 N–H and O–H groups in total. The first kappa shape index (κ1) is 14.3. The van der Waals surface area contributed by atoms with Crippen LogP contribution >= 0.6 is 0 Å². The van der Waals surface area contributed by atoms with Gasteiger partial charge in [-0.3, -0.25) is 9.59 Å². The number of rotatable bonds is 4. The van der Waals surface area contributed by atoms with Crippen molar-refractivity contribution < 1.29 is 19.2 Å². The fraction of sp³-hybridized carbons (Fsp3) is 0.312. The molecule has 0 aliphatic heterocycles. The summed E-state index contributed by atoms with van der Waals surface area (Å²) in [6.45, 7) is 0. The fourth-order valence-corrected chi connectivity index (χ4v) is 2.70. The number of aromatic nitrogens is 1. The molecule has 1 aliphatic rings. The monoisotopic (exact) mass is 300 g/mol. The van der Waals surface area contributed by atoms with Gasteiger partial charge in [-0.25, -0.2) is 0 Å². The summed E-state index contributed by atoms with van der Waals surface area (Å²) in [6.07, 6.45) is 3.52. The van der Waals surface area contributed by atoms with Crippen LogP contribution in [0.3, 0.4) is 0 Å². The second-order valence-electron chi connectivity index (χ2n) is 5.32. The van der Waals surface area contributed by atoms with Gasteiger partial charge in [0, 0.05) is 17.7 Å². The molecule has 1 aliphatic carbocycles. The van der Waals surface area contributed by atoms with E-state index in [0.29, 0.717) is 16.9 Å². The fourth-order valence-electron chi connectivity index (χ4n) is 2.70. The third-order valence-corrected chi connectivity index (χ3v) is 3.77. The first-order valence-electron chi connectivity index (χ1n) is 7.23. The number of carbonyl (C=O) groups excluding carboxylic acids is 1. The topological polar surface area (TPSA) is 92.4 Å². The van der Waals surface area contributed by atoms with Crippen LogP contribution in [0.5, 0.6) is 0 Å². The number of hydrogen-bond acceptors (Lipinski definition) is 4. The molecule has 0 radical (unpaired) electrons. The second kappa shape index (κ2) is 6.01. The molecule has 1 aromatic heterocycles. The highest BCUT2D eigenvalue weighted by molar-refractivity contribution is 6.04. The number of fused-ring (bicyclic) bond motifs is 1. The van der Waals surface area contributed by atoms with Gasteiger partial charge in [0.25, 0.3) is 5.91 Å². The summed E-state index contributed by atoms with van der Waals surface area (Å²) in [7, 11) is 0. The van der Waals surface area contributed by atoms with E-state index < -0.39 is 5.97 Å². The Labute approximate surface area is 127 Å². The van der Waals surface area contributed by atoms with Crippen molar-refractivity contribution in [1.29, 1.82) is 0 Å². The van der Waals surface area contributed by atoms with Gasteiger partial charge >= 0.3 is 5.97 Å². The molecule has 1 amide bonds. The number of nitrogens with zero attached hydrogens (tertiary/aromatic N) is 1.